The highest BCUT2D eigenvalue weighted by molar-refractivity contribution is 6.45. The van der Waals surface area contributed by atoms with Crippen LogP contribution in [-0.4, -0.2) is 48.6 Å². The Balaban J connectivity index is 1.41. The van der Waals surface area contributed by atoms with Gasteiger partial charge < -0.3 is 24.1 Å². The Hall–Kier alpha value is -2.84. The van der Waals surface area contributed by atoms with Gasteiger partial charge in [-0.2, -0.15) is 0 Å². The number of hydrogen-bond acceptors (Lipinski definition) is 6. The van der Waals surface area contributed by atoms with Crippen molar-refractivity contribution >= 4 is 19.2 Å². The zero-order valence-electron chi connectivity index (χ0n) is 22.9. The number of fused-ring (bicyclic) bond motifs is 3. The molecule has 7 nitrogen and oxygen atoms in total. The van der Waals surface area contributed by atoms with Crippen molar-refractivity contribution in [1.82, 2.24) is 5.32 Å². The molecule has 0 aromatic heterocycles. The van der Waals surface area contributed by atoms with E-state index in [4.69, 9.17) is 18.8 Å². The summed E-state index contributed by atoms with van der Waals surface area (Å²) in [6.45, 7) is 13.5. The standard InChI is InChI=1S/C29H38BNO6/c1-27(2,3)35-25(32)24(16-17-30-36-28(4,5)29(6,7)37-30)31-26(33)34-18-23-21-14-10-8-12-19(21)20-13-9-11-15-22(20)23/h8-15,23-24H,16-18H2,1-7H3,(H,31,33)/t24-/m0/s1. The molecule has 1 atom stereocenters. The van der Waals surface area contributed by atoms with Crippen molar-refractivity contribution in [2.75, 3.05) is 6.61 Å². The van der Waals surface area contributed by atoms with Crippen molar-refractivity contribution < 1.29 is 28.4 Å². The number of carbonyl (C=O) groups is 2. The molecule has 0 bridgehead atoms. The zero-order valence-corrected chi connectivity index (χ0v) is 22.9. The maximum atomic E-state index is 13.0. The molecule has 0 radical (unpaired) electrons. The van der Waals surface area contributed by atoms with E-state index in [0.29, 0.717) is 6.32 Å². The van der Waals surface area contributed by atoms with Gasteiger partial charge >= 0.3 is 19.2 Å². The summed E-state index contributed by atoms with van der Waals surface area (Å²) in [5, 5.41) is 2.73. The molecular formula is C29H38BNO6. The lowest BCUT2D eigenvalue weighted by Crippen LogP contribution is -2.45. The fourth-order valence-electron chi connectivity index (χ4n) is 4.79. The second-order valence-electron chi connectivity index (χ2n) is 11.8. The van der Waals surface area contributed by atoms with Crippen molar-refractivity contribution in [3.8, 4) is 11.1 Å². The topological polar surface area (TPSA) is 83.1 Å². The predicted octanol–water partition coefficient (Wildman–Crippen LogP) is 5.72. The highest BCUT2D eigenvalue weighted by Crippen LogP contribution is 2.44. The molecule has 4 rings (SSSR count). The van der Waals surface area contributed by atoms with Crippen molar-refractivity contribution in [3.05, 3.63) is 59.7 Å². The summed E-state index contributed by atoms with van der Waals surface area (Å²) in [5.41, 5.74) is 2.92. The fraction of sp³-hybridized carbons (Fsp3) is 0.517. The first-order valence-corrected chi connectivity index (χ1v) is 13.0. The Morgan fingerprint density at radius 3 is 1.97 bits per heavy atom. The highest BCUT2D eigenvalue weighted by atomic mass is 16.7. The number of ether oxygens (including phenoxy) is 2. The van der Waals surface area contributed by atoms with Gasteiger partial charge in [-0.05, 0) is 83.5 Å². The van der Waals surface area contributed by atoms with Gasteiger partial charge in [-0.15, -0.1) is 0 Å². The number of nitrogens with one attached hydrogen (secondary N) is 1. The molecule has 1 fully saturated rings. The number of rotatable bonds is 7. The Kier molecular flexibility index (Phi) is 7.46. The first kappa shape index (κ1) is 27.2. The molecule has 0 spiro atoms. The van der Waals surface area contributed by atoms with E-state index in [1.54, 1.807) is 20.8 Å². The second-order valence-corrected chi connectivity index (χ2v) is 11.8. The van der Waals surface area contributed by atoms with E-state index >= 15 is 0 Å². The number of carbonyl (C=O) groups excluding carboxylic acids is 2. The van der Waals surface area contributed by atoms with Gasteiger partial charge in [-0.1, -0.05) is 48.5 Å². The van der Waals surface area contributed by atoms with E-state index < -0.39 is 42.0 Å². The quantitative estimate of drug-likeness (QED) is 0.382. The van der Waals surface area contributed by atoms with Crippen LogP contribution in [0.2, 0.25) is 6.32 Å². The highest BCUT2D eigenvalue weighted by Gasteiger charge is 2.51. The molecule has 1 aliphatic heterocycles. The molecule has 0 saturated carbocycles. The molecule has 1 saturated heterocycles. The van der Waals surface area contributed by atoms with Crippen LogP contribution in [-0.2, 0) is 23.6 Å². The predicted molar refractivity (Wildman–Crippen MR) is 143 cm³/mol. The maximum Gasteiger partial charge on any atom is 0.457 e. The van der Waals surface area contributed by atoms with Crippen LogP contribution in [0.5, 0.6) is 0 Å². The molecule has 37 heavy (non-hydrogen) atoms. The largest absolute Gasteiger partial charge is 0.458 e. The fourth-order valence-corrected chi connectivity index (χ4v) is 4.79. The summed E-state index contributed by atoms with van der Waals surface area (Å²) in [6.07, 6.45) is 0.0442. The SMILES string of the molecule is CC(C)(C)OC(=O)[C@H](CCB1OC(C)(C)C(C)(C)O1)NC(=O)OCC1c2ccccc2-c2ccccc21. The minimum absolute atomic E-state index is 0.0668. The van der Waals surface area contributed by atoms with E-state index in [9.17, 15) is 9.59 Å². The number of esters is 1. The van der Waals surface area contributed by atoms with Gasteiger partial charge in [-0.3, -0.25) is 0 Å². The van der Waals surface area contributed by atoms with Crippen LogP contribution in [0.25, 0.3) is 11.1 Å². The first-order valence-electron chi connectivity index (χ1n) is 13.0. The van der Waals surface area contributed by atoms with Crippen molar-refractivity contribution in [3.63, 3.8) is 0 Å². The monoisotopic (exact) mass is 507 g/mol. The lowest BCUT2D eigenvalue weighted by molar-refractivity contribution is -0.157. The third kappa shape index (κ3) is 6.02. The van der Waals surface area contributed by atoms with Crippen LogP contribution in [0.1, 0.15) is 71.9 Å². The van der Waals surface area contributed by atoms with Crippen LogP contribution in [0, 0.1) is 0 Å². The summed E-state index contributed by atoms with van der Waals surface area (Å²) in [5.74, 6) is -0.583. The normalized spacial score (nSPS) is 18.6. The van der Waals surface area contributed by atoms with Crippen LogP contribution >= 0.6 is 0 Å². The summed E-state index contributed by atoms with van der Waals surface area (Å²) >= 11 is 0. The van der Waals surface area contributed by atoms with Crippen molar-refractivity contribution in [2.24, 2.45) is 0 Å². The summed E-state index contributed by atoms with van der Waals surface area (Å²) < 4.78 is 23.4. The van der Waals surface area contributed by atoms with Gasteiger partial charge in [0.1, 0.15) is 18.2 Å². The van der Waals surface area contributed by atoms with Gasteiger partial charge in [-0.25, -0.2) is 9.59 Å². The molecule has 8 heteroatoms. The van der Waals surface area contributed by atoms with E-state index in [0.717, 1.165) is 22.3 Å². The van der Waals surface area contributed by atoms with Gasteiger partial charge in [0.25, 0.3) is 0 Å². The van der Waals surface area contributed by atoms with E-state index in [1.807, 2.05) is 52.0 Å². The zero-order chi connectivity index (χ0) is 27.0. The summed E-state index contributed by atoms with van der Waals surface area (Å²) in [7, 11) is -0.487. The Morgan fingerprint density at radius 2 is 1.46 bits per heavy atom. The molecule has 1 aliphatic carbocycles. The number of alkyl carbamates (subject to hydrolysis) is 1. The third-order valence-corrected chi connectivity index (χ3v) is 7.32. The van der Waals surface area contributed by atoms with Crippen molar-refractivity contribution in [2.45, 2.75) is 90.0 Å². The molecule has 2 aromatic rings. The summed E-state index contributed by atoms with van der Waals surface area (Å²) in [4.78, 5) is 25.9. The molecule has 198 valence electrons. The van der Waals surface area contributed by atoms with Crippen molar-refractivity contribution in [1.29, 1.82) is 0 Å². The van der Waals surface area contributed by atoms with Gasteiger partial charge in [0, 0.05) is 5.92 Å². The minimum Gasteiger partial charge on any atom is -0.458 e. The molecular weight excluding hydrogens is 469 g/mol. The lowest BCUT2D eigenvalue weighted by atomic mass is 9.81. The van der Waals surface area contributed by atoms with E-state index in [1.165, 1.54) is 0 Å². The van der Waals surface area contributed by atoms with Crippen LogP contribution in [0.15, 0.2) is 48.5 Å². The first-order chi connectivity index (χ1) is 17.3. The van der Waals surface area contributed by atoms with Gasteiger partial charge in [0.2, 0.25) is 0 Å². The molecule has 1 amide bonds. The number of amides is 1. The molecule has 2 aliphatic rings. The summed E-state index contributed by atoms with van der Waals surface area (Å²) in [6, 6.07) is 15.4. The van der Waals surface area contributed by atoms with E-state index in [2.05, 4.69) is 29.6 Å². The lowest BCUT2D eigenvalue weighted by Gasteiger charge is -2.32. The maximum absolute atomic E-state index is 13.0. The average Bonchev–Trinajstić information content (AvgIpc) is 3.23. The third-order valence-electron chi connectivity index (χ3n) is 7.32. The molecule has 0 unspecified atom stereocenters. The number of hydrogen-bond donors (Lipinski definition) is 1. The average molecular weight is 507 g/mol. The molecule has 1 heterocycles. The van der Waals surface area contributed by atoms with E-state index in [-0.39, 0.29) is 18.9 Å². The van der Waals surface area contributed by atoms with Crippen LogP contribution in [0.4, 0.5) is 4.79 Å². The number of benzene rings is 2. The minimum atomic E-state index is -0.895. The smallest absolute Gasteiger partial charge is 0.457 e. The van der Waals surface area contributed by atoms with Gasteiger partial charge in [0.05, 0.1) is 11.2 Å². The van der Waals surface area contributed by atoms with Gasteiger partial charge in [0.15, 0.2) is 0 Å². The Bertz CT molecular complexity index is 1090. The second kappa shape index (κ2) is 10.1. The molecule has 2 aromatic carbocycles. The van der Waals surface area contributed by atoms with Crippen LogP contribution < -0.4 is 5.32 Å². The molecule has 1 N–H and O–H groups in total. The Labute approximate surface area is 220 Å². The Morgan fingerprint density at radius 1 is 0.946 bits per heavy atom. The van der Waals surface area contributed by atoms with Crippen LogP contribution in [0.3, 0.4) is 0 Å².